The molecule has 1 atom stereocenters. The van der Waals surface area contributed by atoms with E-state index in [1.165, 1.54) is 11.3 Å². The van der Waals surface area contributed by atoms with Crippen LogP contribution in [0.4, 0.5) is 13.2 Å². The maximum atomic E-state index is 13.1. The Balaban J connectivity index is 1.05. The zero-order valence-electron chi connectivity index (χ0n) is 22.0. The van der Waals surface area contributed by atoms with Crippen LogP contribution >= 0.6 is 11.3 Å². The van der Waals surface area contributed by atoms with Crippen LogP contribution in [0.5, 0.6) is 5.19 Å². The first-order chi connectivity index (χ1) is 18.2. The summed E-state index contributed by atoms with van der Waals surface area (Å²) in [5.41, 5.74) is 2.54. The summed E-state index contributed by atoms with van der Waals surface area (Å²) in [5, 5.41) is 5.49. The summed E-state index contributed by atoms with van der Waals surface area (Å²) in [6.45, 7) is 3.81. The number of Topliss-reactive ketones (excluding diaryl/α,β-unsaturated/α-hetero) is 1. The molecule has 2 aromatic heterocycles. The molecule has 0 saturated heterocycles. The molecule has 0 bridgehead atoms. The largest absolute Gasteiger partial charge is 0.457 e. The minimum absolute atomic E-state index is 0.126. The molecule has 6 nitrogen and oxygen atoms in total. The number of nitrogens with zero attached hydrogens (tertiary/aromatic N) is 4. The molecule has 1 saturated carbocycles. The minimum Gasteiger partial charge on any atom is -0.457 e. The number of halogens is 3. The molecule has 0 spiro atoms. The lowest BCUT2D eigenvalue weighted by molar-refractivity contribution is -0.189. The molecule has 3 aromatic rings. The number of aromatic nitrogens is 3. The van der Waals surface area contributed by atoms with Gasteiger partial charge in [-0.1, -0.05) is 36.3 Å². The van der Waals surface area contributed by atoms with Gasteiger partial charge in [-0.25, -0.2) is 4.98 Å². The van der Waals surface area contributed by atoms with Crippen molar-refractivity contribution in [2.45, 2.75) is 70.6 Å². The van der Waals surface area contributed by atoms with E-state index in [4.69, 9.17) is 4.74 Å². The lowest BCUT2D eigenvalue weighted by Crippen LogP contribution is -2.31. The Labute approximate surface area is 225 Å². The van der Waals surface area contributed by atoms with Crippen LogP contribution < -0.4 is 4.74 Å². The molecular formula is C28H35F3N4O2S. The Morgan fingerprint density at radius 3 is 2.66 bits per heavy atom. The third-order valence-electron chi connectivity index (χ3n) is 8.08. The van der Waals surface area contributed by atoms with Gasteiger partial charge in [0.05, 0.1) is 11.2 Å². The summed E-state index contributed by atoms with van der Waals surface area (Å²) in [5.74, 6) is 1.35. The Morgan fingerprint density at radius 1 is 1.16 bits per heavy atom. The second-order valence-electron chi connectivity index (χ2n) is 10.8. The predicted molar refractivity (Wildman–Crippen MR) is 142 cm³/mol. The number of alkyl halides is 3. The Hall–Kier alpha value is -2.46. The highest BCUT2D eigenvalue weighted by Gasteiger charge is 2.39. The van der Waals surface area contributed by atoms with Gasteiger partial charge in [-0.05, 0) is 57.1 Å². The number of rotatable bonds is 8. The van der Waals surface area contributed by atoms with E-state index in [1.54, 1.807) is 4.68 Å². The molecule has 0 N–H and O–H groups in total. The van der Waals surface area contributed by atoms with Gasteiger partial charge in [0.15, 0.2) is 11.9 Å². The van der Waals surface area contributed by atoms with Crippen LogP contribution in [0.25, 0.3) is 10.9 Å². The van der Waals surface area contributed by atoms with E-state index in [2.05, 4.69) is 15.0 Å². The van der Waals surface area contributed by atoms with Crippen molar-refractivity contribution in [2.75, 3.05) is 19.6 Å². The molecule has 1 aliphatic carbocycles. The van der Waals surface area contributed by atoms with Crippen molar-refractivity contribution in [3.63, 3.8) is 0 Å². The van der Waals surface area contributed by atoms with Crippen molar-refractivity contribution in [1.29, 1.82) is 0 Å². The van der Waals surface area contributed by atoms with Gasteiger partial charge < -0.3 is 9.64 Å². The van der Waals surface area contributed by atoms with E-state index in [1.807, 2.05) is 31.4 Å². The van der Waals surface area contributed by atoms with E-state index in [-0.39, 0.29) is 11.0 Å². The SMILES string of the molecule is CC(Oc1nc2c(s1)CCN(CCC1CCC(CC(=O)c3cccc4nn(C)cc34)CC1)CC2)C(F)(F)F. The summed E-state index contributed by atoms with van der Waals surface area (Å²) in [4.78, 5) is 20.9. The topological polar surface area (TPSA) is 60.2 Å². The molecule has 0 radical (unpaired) electrons. The number of carbonyl (C=O) groups excluding carboxylic acids is 1. The van der Waals surface area contributed by atoms with Gasteiger partial charge in [0.2, 0.25) is 0 Å². The summed E-state index contributed by atoms with van der Waals surface area (Å²) in [6.07, 6.45) is 3.51. The van der Waals surface area contributed by atoms with Gasteiger partial charge in [0, 0.05) is 55.0 Å². The average Bonchev–Trinajstić information content (AvgIpc) is 3.39. The van der Waals surface area contributed by atoms with Gasteiger partial charge >= 0.3 is 6.18 Å². The van der Waals surface area contributed by atoms with Crippen LogP contribution in [0.15, 0.2) is 24.4 Å². The van der Waals surface area contributed by atoms with Crippen LogP contribution in [-0.4, -0.2) is 57.4 Å². The van der Waals surface area contributed by atoms with E-state index in [0.29, 0.717) is 18.3 Å². The monoisotopic (exact) mass is 548 g/mol. The number of hydrogen-bond donors (Lipinski definition) is 0. The van der Waals surface area contributed by atoms with E-state index in [0.717, 1.165) is 98.5 Å². The van der Waals surface area contributed by atoms with Crippen molar-refractivity contribution >= 4 is 28.0 Å². The van der Waals surface area contributed by atoms with Crippen molar-refractivity contribution in [3.8, 4) is 5.19 Å². The first-order valence-corrected chi connectivity index (χ1v) is 14.4. The third-order valence-corrected chi connectivity index (χ3v) is 9.12. The molecule has 1 fully saturated rings. The maximum Gasteiger partial charge on any atom is 0.425 e. The fourth-order valence-corrected chi connectivity index (χ4v) is 6.76. The molecule has 3 heterocycles. The van der Waals surface area contributed by atoms with Crippen molar-refractivity contribution in [3.05, 3.63) is 40.5 Å². The molecule has 1 aliphatic heterocycles. The number of benzene rings is 1. The van der Waals surface area contributed by atoms with E-state index >= 15 is 0 Å². The van der Waals surface area contributed by atoms with E-state index in [9.17, 15) is 18.0 Å². The fraction of sp³-hybridized carbons (Fsp3) is 0.607. The maximum absolute atomic E-state index is 13.1. The normalized spacial score (nSPS) is 21.7. The highest BCUT2D eigenvalue weighted by atomic mass is 32.1. The zero-order chi connectivity index (χ0) is 26.9. The number of ether oxygens (including phenoxy) is 1. The van der Waals surface area contributed by atoms with Crippen LogP contribution in [-0.2, 0) is 19.9 Å². The number of carbonyl (C=O) groups is 1. The summed E-state index contributed by atoms with van der Waals surface area (Å²) >= 11 is 1.25. The highest BCUT2D eigenvalue weighted by molar-refractivity contribution is 7.13. The molecule has 2 aliphatic rings. The lowest BCUT2D eigenvalue weighted by Gasteiger charge is -2.30. The summed E-state index contributed by atoms with van der Waals surface area (Å²) in [7, 11) is 1.88. The fourth-order valence-electron chi connectivity index (χ4n) is 5.74. The number of aryl methyl sites for hydroxylation is 1. The standard InChI is InChI=1S/C28H35F3N4O2S/c1-18(28(29,30)31)37-27-32-24-11-14-35(15-12-26(24)38-27)13-10-19-6-8-20(9-7-19)16-25(36)21-4-3-5-23-22(21)17-34(2)33-23/h3-5,17-20H,6-16H2,1-2H3. The summed E-state index contributed by atoms with van der Waals surface area (Å²) < 4.78 is 45.2. The second kappa shape index (κ2) is 11.3. The zero-order valence-corrected chi connectivity index (χ0v) is 22.8. The van der Waals surface area contributed by atoms with Crippen molar-refractivity contribution in [2.24, 2.45) is 18.9 Å². The van der Waals surface area contributed by atoms with Gasteiger partial charge in [0.25, 0.3) is 5.19 Å². The molecular weight excluding hydrogens is 513 g/mol. The molecule has 10 heteroatoms. The van der Waals surface area contributed by atoms with Crippen LogP contribution in [0.3, 0.4) is 0 Å². The van der Waals surface area contributed by atoms with Gasteiger partial charge in [-0.2, -0.15) is 18.3 Å². The number of hydrogen-bond acceptors (Lipinski definition) is 6. The van der Waals surface area contributed by atoms with E-state index < -0.39 is 12.3 Å². The van der Waals surface area contributed by atoms with Crippen LogP contribution in [0, 0.1) is 11.8 Å². The second-order valence-corrected chi connectivity index (χ2v) is 11.9. The molecule has 5 rings (SSSR count). The number of thiazole rings is 1. The smallest absolute Gasteiger partial charge is 0.425 e. The van der Waals surface area contributed by atoms with Crippen LogP contribution in [0.1, 0.15) is 66.4 Å². The van der Waals surface area contributed by atoms with Crippen molar-refractivity contribution < 1.29 is 22.7 Å². The average molecular weight is 549 g/mol. The van der Waals surface area contributed by atoms with Gasteiger partial charge in [-0.15, -0.1) is 0 Å². The van der Waals surface area contributed by atoms with Crippen molar-refractivity contribution in [1.82, 2.24) is 19.7 Å². The first kappa shape index (κ1) is 27.1. The van der Waals surface area contributed by atoms with Crippen LogP contribution in [0.2, 0.25) is 0 Å². The van der Waals surface area contributed by atoms with Gasteiger partial charge in [-0.3, -0.25) is 9.48 Å². The third kappa shape index (κ3) is 6.39. The summed E-state index contributed by atoms with van der Waals surface area (Å²) in [6, 6.07) is 5.78. The number of fused-ring (bicyclic) bond motifs is 2. The molecule has 1 unspecified atom stereocenters. The molecule has 38 heavy (non-hydrogen) atoms. The lowest BCUT2D eigenvalue weighted by atomic mass is 9.78. The Morgan fingerprint density at radius 2 is 1.89 bits per heavy atom. The minimum atomic E-state index is -4.39. The molecule has 206 valence electrons. The Kier molecular flexibility index (Phi) is 8.09. The first-order valence-electron chi connectivity index (χ1n) is 13.6. The van der Waals surface area contributed by atoms with Gasteiger partial charge in [0.1, 0.15) is 0 Å². The number of ketones is 1. The quantitative estimate of drug-likeness (QED) is 0.313. The Bertz CT molecular complexity index is 1240. The highest BCUT2D eigenvalue weighted by Crippen LogP contribution is 2.35. The predicted octanol–water partition coefficient (Wildman–Crippen LogP) is 6.23. The molecule has 1 aromatic carbocycles. The molecule has 0 amide bonds.